The number of benzene rings is 2. The number of amides is 2. The van der Waals surface area contributed by atoms with Crippen molar-refractivity contribution < 1.29 is 14.3 Å². The molecule has 4 rings (SSSR count). The second-order valence-electron chi connectivity index (χ2n) is 8.47. The van der Waals surface area contributed by atoms with Crippen LogP contribution in [0.4, 0.5) is 5.69 Å². The van der Waals surface area contributed by atoms with Crippen LogP contribution in [0, 0.1) is 5.92 Å². The number of piperidine rings is 2. The number of fused-ring (bicyclic) bond motifs is 1. The van der Waals surface area contributed by atoms with Gasteiger partial charge >= 0.3 is 0 Å². The van der Waals surface area contributed by atoms with Crippen LogP contribution in [0.15, 0.2) is 48.5 Å². The fourth-order valence-electron chi connectivity index (χ4n) is 4.82. The summed E-state index contributed by atoms with van der Waals surface area (Å²) in [7, 11) is 1.59. The van der Waals surface area contributed by atoms with E-state index < -0.39 is 0 Å². The van der Waals surface area contributed by atoms with Crippen LogP contribution in [-0.4, -0.2) is 49.5 Å². The van der Waals surface area contributed by atoms with Crippen molar-refractivity contribution in [3.63, 3.8) is 0 Å². The Morgan fingerprint density at radius 2 is 1.77 bits per heavy atom. The number of methoxy groups -OCH3 is 1. The molecule has 31 heavy (non-hydrogen) atoms. The number of nitrogens with one attached hydrogen (secondary N) is 2. The number of carbonyl (C=O) groups is 2. The van der Waals surface area contributed by atoms with Gasteiger partial charge in [-0.15, -0.1) is 0 Å². The van der Waals surface area contributed by atoms with Gasteiger partial charge in [-0.05, 0) is 87.2 Å². The lowest BCUT2D eigenvalue weighted by molar-refractivity contribution is 0.0575. The lowest BCUT2D eigenvalue weighted by atomic mass is 9.83. The van der Waals surface area contributed by atoms with Crippen molar-refractivity contribution in [2.75, 3.05) is 32.1 Å². The van der Waals surface area contributed by atoms with Gasteiger partial charge in [0.2, 0.25) is 0 Å². The lowest BCUT2D eigenvalue weighted by Crippen LogP contribution is -2.51. The summed E-state index contributed by atoms with van der Waals surface area (Å²) in [6.07, 6.45) is 6.23. The van der Waals surface area contributed by atoms with Gasteiger partial charge < -0.3 is 20.3 Å². The van der Waals surface area contributed by atoms with E-state index in [1.54, 1.807) is 55.6 Å². The summed E-state index contributed by atoms with van der Waals surface area (Å²) >= 11 is 0. The number of nitrogens with zero attached hydrogens (tertiary/aromatic N) is 1. The second-order valence-corrected chi connectivity index (χ2v) is 8.47. The smallest absolute Gasteiger partial charge is 0.255 e. The largest absolute Gasteiger partial charge is 0.497 e. The molecule has 2 aromatic carbocycles. The molecule has 2 heterocycles. The predicted molar refractivity (Wildman–Crippen MR) is 122 cm³/mol. The number of hydrogen-bond acceptors (Lipinski definition) is 4. The Balaban J connectivity index is 1.34. The third kappa shape index (κ3) is 5.25. The van der Waals surface area contributed by atoms with Crippen molar-refractivity contribution in [2.45, 2.75) is 38.1 Å². The highest BCUT2D eigenvalue weighted by atomic mass is 16.5. The minimum Gasteiger partial charge on any atom is -0.497 e. The molecule has 2 saturated heterocycles. The zero-order valence-corrected chi connectivity index (χ0v) is 18.1. The summed E-state index contributed by atoms with van der Waals surface area (Å²) < 4.78 is 5.13. The van der Waals surface area contributed by atoms with Gasteiger partial charge in [0.1, 0.15) is 5.75 Å². The first kappa shape index (κ1) is 21.4. The Kier molecular flexibility index (Phi) is 6.87. The highest BCUT2D eigenvalue weighted by Gasteiger charge is 2.32. The van der Waals surface area contributed by atoms with Gasteiger partial charge in [0.05, 0.1) is 7.11 Å². The number of ether oxygens (including phenoxy) is 1. The van der Waals surface area contributed by atoms with Crippen molar-refractivity contribution in [2.24, 2.45) is 5.92 Å². The van der Waals surface area contributed by atoms with E-state index in [1.165, 1.54) is 45.2 Å². The molecule has 0 radical (unpaired) electrons. The summed E-state index contributed by atoms with van der Waals surface area (Å²) in [5.41, 5.74) is 1.69. The van der Waals surface area contributed by atoms with Crippen LogP contribution in [0.2, 0.25) is 0 Å². The van der Waals surface area contributed by atoms with E-state index in [0.29, 0.717) is 41.1 Å². The third-order valence-corrected chi connectivity index (χ3v) is 6.49. The average molecular weight is 422 g/mol. The molecule has 0 aromatic heterocycles. The monoisotopic (exact) mass is 421 g/mol. The van der Waals surface area contributed by atoms with E-state index in [-0.39, 0.29) is 11.8 Å². The first-order valence-electron chi connectivity index (χ1n) is 11.2. The molecule has 2 aliphatic rings. The number of hydrogen-bond donors (Lipinski definition) is 2. The molecule has 0 spiro atoms. The molecule has 2 aliphatic heterocycles. The topological polar surface area (TPSA) is 70.7 Å². The average Bonchev–Trinajstić information content (AvgIpc) is 2.82. The fraction of sp³-hybridized carbons (Fsp3) is 0.440. The molecule has 0 aliphatic carbocycles. The molecule has 6 heteroatoms. The molecule has 2 atom stereocenters. The van der Waals surface area contributed by atoms with Crippen LogP contribution in [0.25, 0.3) is 0 Å². The Labute approximate surface area is 184 Å². The van der Waals surface area contributed by atoms with Crippen molar-refractivity contribution in [3.8, 4) is 5.75 Å². The van der Waals surface area contributed by atoms with Crippen LogP contribution in [0.3, 0.4) is 0 Å². The molecular weight excluding hydrogens is 390 g/mol. The van der Waals surface area contributed by atoms with Crippen LogP contribution in [0.5, 0.6) is 5.75 Å². The quantitative estimate of drug-likeness (QED) is 0.741. The molecule has 2 amide bonds. The van der Waals surface area contributed by atoms with E-state index >= 15 is 0 Å². The lowest BCUT2D eigenvalue weighted by Gasteiger charge is -2.44. The van der Waals surface area contributed by atoms with Crippen molar-refractivity contribution in [3.05, 3.63) is 59.7 Å². The van der Waals surface area contributed by atoms with Gasteiger partial charge in [0.15, 0.2) is 0 Å². The summed E-state index contributed by atoms with van der Waals surface area (Å²) in [6.45, 7) is 3.11. The Morgan fingerprint density at radius 3 is 2.58 bits per heavy atom. The van der Waals surface area contributed by atoms with Crippen molar-refractivity contribution >= 4 is 17.5 Å². The molecular formula is C25H31N3O3. The maximum absolute atomic E-state index is 12.8. The Bertz CT molecular complexity index is 910. The zero-order valence-electron chi connectivity index (χ0n) is 18.1. The van der Waals surface area contributed by atoms with E-state index in [1.807, 2.05) is 0 Å². The van der Waals surface area contributed by atoms with Crippen LogP contribution in [0.1, 0.15) is 52.8 Å². The third-order valence-electron chi connectivity index (χ3n) is 6.49. The summed E-state index contributed by atoms with van der Waals surface area (Å²) in [4.78, 5) is 27.9. The summed E-state index contributed by atoms with van der Waals surface area (Å²) in [5, 5.41) is 6.00. The van der Waals surface area contributed by atoms with E-state index in [9.17, 15) is 9.59 Å². The van der Waals surface area contributed by atoms with Gasteiger partial charge in [0.25, 0.3) is 11.8 Å². The predicted octanol–water partition coefficient (Wildman–Crippen LogP) is 3.94. The van der Waals surface area contributed by atoms with Gasteiger partial charge in [-0.2, -0.15) is 0 Å². The fourth-order valence-corrected chi connectivity index (χ4v) is 4.82. The molecule has 164 valence electrons. The van der Waals surface area contributed by atoms with E-state index in [4.69, 9.17) is 4.74 Å². The maximum atomic E-state index is 12.8. The van der Waals surface area contributed by atoms with Gasteiger partial charge in [-0.3, -0.25) is 9.59 Å². The molecule has 0 saturated carbocycles. The molecule has 2 aromatic rings. The Morgan fingerprint density at radius 1 is 0.968 bits per heavy atom. The summed E-state index contributed by atoms with van der Waals surface area (Å²) in [5.74, 6) is 0.911. The molecule has 2 unspecified atom stereocenters. The molecule has 2 fully saturated rings. The van der Waals surface area contributed by atoms with E-state index in [2.05, 4.69) is 15.5 Å². The van der Waals surface area contributed by atoms with Crippen LogP contribution < -0.4 is 15.4 Å². The second kappa shape index (κ2) is 9.96. The van der Waals surface area contributed by atoms with Crippen molar-refractivity contribution in [1.82, 2.24) is 10.2 Å². The molecule has 0 bridgehead atoms. The first-order valence-corrected chi connectivity index (χ1v) is 11.2. The highest BCUT2D eigenvalue weighted by molar-refractivity contribution is 6.05. The van der Waals surface area contributed by atoms with Gasteiger partial charge in [-0.1, -0.05) is 12.5 Å². The Hall–Kier alpha value is -2.86. The van der Waals surface area contributed by atoms with Gasteiger partial charge in [-0.25, -0.2) is 0 Å². The minimum absolute atomic E-state index is 0.0894. The van der Waals surface area contributed by atoms with Crippen LogP contribution >= 0.6 is 0 Å². The minimum atomic E-state index is -0.222. The van der Waals surface area contributed by atoms with Crippen molar-refractivity contribution in [1.29, 1.82) is 0 Å². The molecule has 6 nitrogen and oxygen atoms in total. The molecule has 2 N–H and O–H groups in total. The standard InChI is InChI=1S/C25H31N3O3/c1-31-22-12-10-18(11-13-22)25(30)27-21-8-4-6-19(16-21)24(29)26-17-20-7-5-15-28-14-3-2-9-23(20)28/h4,6,8,10-13,16,20,23H,2-3,5,7,9,14-15,17H2,1H3,(H,26,29)(H,27,30). The van der Waals surface area contributed by atoms with Gasteiger partial charge in [0, 0.05) is 29.4 Å². The zero-order chi connectivity index (χ0) is 21.6. The van der Waals surface area contributed by atoms with Crippen LogP contribution in [-0.2, 0) is 0 Å². The normalized spacial score (nSPS) is 21.1. The number of rotatable bonds is 6. The number of carbonyl (C=O) groups excluding carboxylic acids is 2. The SMILES string of the molecule is COc1ccc(C(=O)Nc2cccc(C(=O)NCC3CCCN4CCCCC34)c2)cc1. The maximum Gasteiger partial charge on any atom is 0.255 e. The number of anilines is 1. The first-order chi connectivity index (χ1) is 15.1. The van der Waals surface area contributed by atoms with E-state index in [0.717, 1.165) is 0 Å². The highest BCUT2D eigenvalue weighted by Crippen LogP contribution is 2.30. The summed E-state index contributed by atoms with van der Waals surface area (Å²) in [6, 6.07) is 14.6.